The highest BCUT2D eigenvalue weighted by Gasteiger charge is 2.21. The summed E-state index contributed by atoms with van der Waals surface area (Å²) < 4.78 is 32.4. The fourth-order valence-corrected chi connectivity index (χ4v) is 6.73. The van der Waals surface area contributed by atoms with Crippen molar-refractivity contribution in [2.75, 3.05) is 26.4 Å². The minimum absolute atomic E-state index is 0.0148. The van der Waals surface area contributed by atoms with Crippen LogP contribution in [0.25, 0.3) is 0 Å². The van der Waals surface area contributed by atoms with Crippen LogP contribution in [0, 0.1) is 0 Å². The van der Waals surface area contributed by atoms with Crippen LogP contribution in [0.5, 0.6) is 0 Å². The van der Waals surface area contributed by atoms with E-state index in [1.807, 2.05) is 0 Å². The summed E-state index contributed by atoms with van der Waals surface area (Å²) in [7, 11) is -4.62. The third kappa shape index (κ3) is 38.3. The SMILES string of the molecule is CCCCCCCC/C=C\CCCCCCCC(=O)O[C@@H](COC(=O)CCCCCCCCCCCCCCCCC)COP(=O)([O-])OCCN. The molecule has 0 spiro atoms. The number of carbonyl (C=O) groups excluding carboxylic acids is 2. The van der Waals surface area contributed by atoms with E-state index in [4.69, 9.17) is 19.7 Å². The van der Waals surface area contributed by atoms with E-state index in [1.165, 1.54) is 122 Å². The third-order valence-corrected chi connectivity index (χ3v) is 10.1. The van der Waals surface area contributed by atoms with Gasteiger partial charge in [-0.25, -0.2) is 0 Å². The molecule has 0 radical (unpaired) electrons. The number of phosphoric ester groups is 1. The van der Waals surface area contributed by atoms with Gasteiger partial charge in [-0.3, -0.25) is 14.2 Å². The van der Waals surface area contributed by atoms with Crippen molar-refractivity contribution in [3.8, 4) is 0 Å². The molecule has 0 aliphatic rings. The van der Waals surface area contributed by atoms with Gasteiger partial charge in [0, 0.05) is 19.4 Å². The molecule has 10 heteroatoms. The first-order valence-corrected chi connectivity index (χ1v) is 22.6. The third-order valence-electron chi connectivity index (χ3n) is 9.14. The Morgan fingerprint density at radius 3 is 1.39 bits per heavy atom. The highest BCUT2D eigenvalue weighted by atomic mass is 31.2. The monoisotopic (exact) mass is 745 g/mol. The van der Waals surface area contributed by atoms with Crippen LogP contribution in [-0.4, -0.2) is 44.4 Å². The number of carbonyl (C=O) groups is 2. The first-order valence-electron chi connectivity index (χ1n) is 21.1. The maximum atomic E-state index is 12.5. The quantitative estimate of drug-likeness (QED) is 0.0281. The molecule has 1 unspecified atom stereocenters. The summed E-state index contributed by atoms with van der Waals surface area (Å²) in [6.07, 6.45) is 37.8. The van der Waals surface area contributed by atoms with Gasteiger partial charge in [0.15, 0.2) is 6.10 Å². The molecule has 0 aliphatic heterocycles. The van der Waals surface area contributed by atoms with Crippen molar-refractivity contribution < 1.29 is 37.6 Å². The van der Waals surface area contributed by atoms with E-state index < -0.39 is 32.5 Å². The maximum Gasteiger partial charge on any atom is 0.306 e. The lowest BCUT2D eigenvalue weighted by molar-refractivity contribution is -0.228. The van der Waals surface area contributed by atoms with E-state index in [0.717, 1.165) is 51.4 Å². The maximum absolute atomic E-state index is 12.5. The first-order chi connectivity index (χ1) is 24.8. The van der Waals surface area contributed by atoms with E-state index in [-0.39, 0.29) is 32.6 Å². The van der Waals surface area contributed by atoms with E-state index in [1.54, 1.807) is 0 Å². The van der Waals surface area contributed by atoms with Gasteiger partial charge >= 0.3 is 11.9 Å². The molecule has 302 valence electrons. The predicted molar refractivity (Wildman–Crippen MR) is 208 cm³/mol. The Bertz CT molecular complexity index is 856. The molecule has 51 heavy (non-hydrogen) atoms. The van der Waals surface area contributed by atoms with Crippen LogP contribution in [-0.2, 0) is 32.7 Å². The average molecular weight is 745 g/mol. The van der Waals surface area contributed by atoms with Gasteiger partial charge in [0.05, 0.1) is 13.2 Å². The highest BCUT2D eigenvalue weighted by molar-refractivity contribution is 7.45. The molecule has 0 bridgehead atoms. The number of hydrogen-bond donors (Lipinski definition) is 1. The van der Waals surface area contributed by atoms with E-state index in [2.05, 4.69) is 30.5 Å². The van der Waals surface area contributed by atoms with Gasteiger partial charge in [-0.1, -0.05) is 167 Å². The van der Waals surface area contributed by atoms with Crippen molar-refractivity contribution in [3.63, 3.8) is 0 Å². The Morgan fingerprint density at radius 1 is 0.569 bits per heavy atom. The normalized spacial score (nSPS) is 13.4. The van der Waals surface area contributed by atoms with Gasteiger partial charge < -0.3 is 29.1 Å². The summed E-state index contributed by atoms with van der Waals surface area (Å²) in [5.41, 5.74) is 5.31. The highest BCUT2D eigenvalue weighted by Crippen LogP contribution is 2.38. The van der Waals surface area contributed by atoms with Crippen molar-refractivity contribution in [2.24, 2.45) is 5.73 Å². The molecule has 0 aliphatic carbocycles. The Morgan fingerprint density at radius 2 is 0.961 bits per heavy atom. The minimum Gasteiger partial charge on any atom is -0.756 e. The number of rotatable bonds is 40. The molecule has 0 amide bonds. The van der Waals surface area contributed by atoms with Crippen LogP contribution in [0.3, 0.4) is 0 Å². The van der Waals surface area contributed by atoms with Gasteiger partial charge in [0.1, 0.15) is 6.61 Å². The van der Waals surface area contributed by atoms with Gasteiger partial charge in [0.2, 0.25) is 0 Å². The zero-order valence-electron chi connectivity index (χ0n) is 33.1. The lowest BCUT2D eigenvalue weighted by Gasteiger charge is -2.25. The molecule has 0 fully saturated rings. The second-order valence-corrected chi connectivity index (χ2v) is 15.6. The number of allylic oxidation sites excluding steroid dienone is 2. The van der Waals surface area contributed by atoms with Gasteiger partial charge in [-0.15, -0.1) is 0 Å². The fraction of sp³-hybridized carbons (Fsp3) is 0.902. The van der Waals surface area contributed by atoms with Gasteiger partial charge in [-0.2, -0.15) is 0 Å². The first kappa shape index (κ1) is 49.8. The van der Waals surface area contributed by atoms with Gasteiger partial charge in [-0.05, 0) is 38.5 Å². The number of ether oxygens (including phenoxy) is 2. The molecule has 2 N–H and O–H groups in total. The minimum atomic E-state index is -4.62. The van der Waals surface area contributed by atoms with Crippen LogP contribution < -0.4 is 10.6 Å². The van der Waals surface area contributed by atoms with Crippen LogP contribution in [0.4, 0.5) is 0 Å². The zero-order chi connectivity index (χ0) is 37.5. The van der Waals surface area contributed by atoms with Crippen LogP contribution in [0.2, 0.25) is 0 Å². The summed E-state index contributed by atoms with van der Waals surface area (Å²) in [5, 5.41) is 0. The molecule has 2 atom stereocenters. The van der Waals surface area contributed by atoms with Crippen molar-refractivity contribution >= 4 is 19.8 Å². The summed E-state index contributed by atoms with van der Waals surface area (Å²) >= 11 is 0. The molecule has 0 rings (SSSR count). The van der Waals surface area contributed by atoms with E-state index in [9.17, 15) is 19.0 Å². The van der Waals surface area contributed by atoms with Crippen molar-refractivity contribution in [3.05, 3.63) is 12.2 Å². The number of esters is 2. The van der Waals surface area contributed by atoms with Crippen molar-refractivity contribution in [1.29, 1.82) is 0 Å². The molecule has 0 saturated heterocycles. The molecular weight excluding hydrogens is 665 g/mol. The molecule has 0 aromatic heterocycles. The van der Waals surface area contributed by atoms with Gasteiger partial charge in [0.25, 0.3) is 7.82 Å². The fourth-order valence-electron chi connectivity index (χ4n) is 5.98. The number of nitrogens with two attached hydrogens (primary N) is 1. The van der Waals surface area contributed by atoms with Crippen molar-refractivity contribution in [1.82, 2.24) is 0 Å². The topological polar surface area (TPSA) is 137 Å². The summed E-state index contributed by atoms with van der Waals surface area (Å²) in [4.78, 5) is 36.9. The van der Waals surface area contributed by atoms with Crippen LogP contribution in [0.15, 0.2) is 12.2 Å². The lowest BCUT2D eigenvalue weighted by Crippen LogP contribution is -2.30. The second kappa shape index (κ2) is 38.5. The lowest BCUT2D eigenvalue weighted by atomic mass is 10.0. The average Bonchev–Trinajstić information content (AvgIpc) is 3.11. The molecule has 0 aromatic carbocycles. The summed E-state index contributed by atoms with van der Waals surface area (Å²) in [6, 6.07) is 0. The molecule has 0 aromatic rings. The smallest absolute Gasteiger partial charge is 0.306 e. The Balaban J connectivity index is 4.15. The molecule has 0 saturated carbocycles. The number of phosphoric acid groups is 1. The van der Waals surface area contributed by atoms with Crippen molar-refractivity contribution in [2.45, 2.75) is 213 Å². The number of hydrogen-bond acceptors (Lipinski definition) is 9. The zero-order valence-corrected chi connectivity index (χ0v) is 34.0. The van der Waals surface area contributed by atoms with Crippen LogP contribution in [0.1, 0.15) is 206 Å². The molecular formula is C41H79NO8P-. The molecule has 0 heterocycles. The van der Waals surface area contributed by atoms with E-state index >= 15 is 0 Å². The Kier molecular flexibility index (Phi) is 37.5. The number of unbranched alkanes of at least 4 members (excludes halogenated alkanes) is 25. The standard InChI is InChI=1S/C41H80NO8P/c1-3-5-7-9-11-13-15-17-19-21-23-25-27-29-31-33-40(43)47-37-39(38-49-51(45,46)48-36-35-42)50-41(44)34-32-30-28-26-24-22-20-18-16-14-12-10-8-6-4-2/h18,20,39H,3-17,19,21-38,42H2,1-2H3,(H,45,46)/p-1/b20-18-/t39-/m0/s1. The summed E-state index contributed by atoms with van der Waals surface area (Å²) in [5.74, 6) is -0.865. The summed E-state index contributed by atoms with van der Waals surface area (Å²) in [6.45, 7) is 3.54. The Hall–Kier alpha value is -1.25. The molecule has 9 nitrogen and oxygen atoms in total. The largest absolute Gasteiger partial charge is 0.756 e. The second-order valence-electron chi connectivity index (χ2n) is 14.2. The predicted octanol–water partition coefficient (Wildman–Crippen LogP) is 11.2. The van der Waals surface area contributed by atoms with Crippen LogP contribution >= 0.6 is 7.82 Å². The van der Waals surface area contributed by atoms with E-state index in [0.29, 0.717) is 6.42 Å². The Labute approximate surface area is 313 Å².